The Balaban J connectivity index is 1.31. The molecule has 2 aromatic carbocycles. The van der Waals surface area contributed by atoms with Gasteiger partial charge in [-0.2, -0.15) is 0 Å². The average molecular weight is 416 g/mol. The summed E-state index contributed by atoms with van der Waals surface area (Å²) < 4.78 is 5.76. The van der Waals surface area contributed by atoms with Gasteiger partial charge in [0.25, 0.3) is 5.91 Å². The van der Waals surface area contributed by atoms with E-state index >= 15 is 0 Å². The number of pyridine rings is 1. The van der Waals surface area contributed by atoms with Crippen LogP contribution in [0.4, 0.5) is 10.5 Å². The summed E-state index contributed by atoms with van der Waals surface area (Å²) in [7, 11) is 0. The first-order valence-electron chi connectivity index (χ1n) is 10.1. The maximum absolute atomic E-state index is 12.6. The number of hydrogen-bond donors (Lipinski definition) is 2. The molecule has 158 valence electrons. The zero-order chi connectivity index (χ0) is 21.6. The number of nitrogens with zero attached hydrogens (tertiary/aromatic N) is 2. The summed E-state index contributed by atoms with van der Waals surface area (Å²) >= 11 is 0. The molecule has 1 fully saturated rings. The van der Waals surface area contributed by atoms with Crippen molar-refractivity contribution >= 4 is 17.6 Å². The number of carbonyl (C=O) groups is 2. The number of nitrogens with one attached hydrogen (secondary N) is 2. The fourth-order valence-corrected chi connectivity index (χ4v) is 3.44. The van der Waals surface area contributed by atoms with Crippen LogP contribution in [0.15, 0.2) is 67.0 Å². The molecule has 7 heteroatoms. The minimum atomic E-state index is -0.155. The van der Waals surface area contributed by atoms with Crippen molar-refractivity contribution in [3.05, 3.63) is 89.2 Å². The molecule has 31 heavy (non-hydrogen) atoms. The Labute approximate surface area is 181 Å². The third-order valence-corrected chi connectivity index (χ3v) is 5.11. The van der Waals surface area contributed by atoms with Crippen molar-refractivity contribution in [1.82, 2.24) is 15.6 Å². The first kappa shape index (κ1) is 20.4. The monoisotopic (exact) mass is 416 g/mol. The van der Waals surface area contributed by atoms with Crippen LogP contribution >= 0.6 is 0 Å². The Morgan fingerprint density at radius 1 is 1.16 bits per heavy atom. The second kappa shape index (κ2) is 9.30. The van der Waals surface area contributed by atoms with Gasteiger partial charge in [0.05, 0.1) is 0 Å². The van der Waals surface area contributed by atoms with Gasteiger partial charge in [-0.05, 0) is 54.4 Å². The predicted molar refractivity (Wildman–Crippen MR) is 118 cm³/mol. The smallest absolute Gasteiger partial charge is 0.322 e. The summed E-state index contributed by atoms with van der Waals surface area (Å²) in [6.45, 7) is 4.04. The summed E-state index contributed by atoms with van der Waals surface area (Å²) in [6.07, 6.45) is 3.51. The van der Waals surface area contributed by atoms with Crippen molar-refractivity contribution in [2.75, 3.05) is 18.0 Å². The number of carbonyl (C=O) groups excluding carboxylic acids is 2. The van der Waals surface area contributed by atoms with E-state index in [2.05, 4.69) is 15.6 Å². The fourth-order valence-electron chi connectivity index (χ4n) is 3.44. The van der Waals surface area contributed by atoms with Crippen molar-refractivity contribution in [1.29, 1.82) is 0 Å². The summed E-state index contributed by atoms with van der Waals surface area (Å²) in [5.74, 6) is 0.605. The lowest BCUT2D eigenvalue weighted by atomic mass is 10.1. The van der Waals surface area contributed by atoms with Crippen LogP contribution in [0.5, 0.6) is 5.75 Å². The largest absolute Gasteiger partial charge is 0.489 e. The minimum absolute atomic E-state index is 0.104. The molecule has 4 rings (SSSR count). The van der Waals surface area contributed by atoms with Gasteiger partial charge in [0.1, 0.15) is 12.4 Å². The van der Waals surface area contributed by atoms with Crippen LogP contribution in [0.3, 0.4) is 0 Å². The lowest BCUT2D eigenvalue weighted by Gasteiger charge is -2.17. The van der Waals surface area contributed by atoms with Crippen LogP contribution in [-0.4, -0.2) is 30.0 Å². The normalized spacial score (nSPS) is 13.1. The lowest BCUT2D eigenvalue weighted by Crippen LogP contribution is -2.28. The zero-order valence-electron chi connectivity index (χ0n) is 17.3. The molecule has 0 unspecified atom stereocenters. The molecule has 0 atom stereocenters. The number of aryl methyl sites for hydroxylation is 1. The van der Waals surface area contributed by atoms with E-state index in [1.807, 2.05) is 55.5 Å². The van der Waals surface area contributed by atoms with Gasteiger partial charge >= 0.3 is 6.03 Å². The average Bonchev–Trinajstić information content (AvgIpc) is 3.23. The topological polar surface area (TPSA) is 83.6 Å². The molecule has 7 nitrogen and oxygen atoms in total. The number of hydrogen-bond acceptors (Lipinski definition) is 4. The first-order valence-corrected chi connectivity index (χ1v) is 10.1. The fraction of sp³-hybridized carbons (Fsp3) is 0.208. The first-order chi connectivity index (χ1) is 15.1. The molecular formula is C24H24N4O3. The van der Waals surface area contributed by atoms with Crippen molar-refractivity contribution < 1.29 is 14.3 Å². The summed E-state index contributed by atoms with van der Waals surface area (Å²) in [5, 5.41) is 5.72. The maximum atomic E-state index is 12.6. The van der Waals surface area contributed by atoms with Crippen molar-refractivity contribution in [2.24, 2.45) is 0 Å². The van der Waals surface area contributed by atoms with Crippen LogP contribution in [0.25, 0.3) is 0 Å². The second-order valence-electron chi connectivity index (χ2n) is 7.36. The van der Waals surface area contributed by atoms with Crippen molar-refractivity contribution in [2.45, 2.75) is 20.1 Å². The Morgan fingerprint density at radius 3 is 2.68 bits per heavy atom. The van der Waals surface area contributed by atoms with Crippen molar-refractivity contribution in [3.8, 4) is 5.75 Å². The van der Waals surface area contributed by atoms with Crippen molar-refractivity contribution in [3.63, 3.8) is 0 Å². The van der Waals surface area contributed by atoms with E-state index in [1.54, 1.807) is 23.4 Å². The lowest BCUT2D eigenvalue weighted by molar-refractivity contribution is 0.0951. The molecule has 0 radical (unpaired) electrons. The van der Waals surface area contributed by atoms with E-state index in [0.717, 1.165) is 28.1 Å². The maximum Gasteiger partial charge on any atom is 0.322 e. The molecule has 1 saturated heterocycles. The number of rotatable bonds is 7. The molecular weight excluding hydrogens is 392 g/mol. The highest BCUT2D eigenvalue weighted by Crippen LogP contribution is 2.23. The van der Waals surface area contributed by atoms with Gasteiger partial charge in [0.2, 0.25) is 0 Å². The summed E-state index contributed by atoms with van der Waals surface area (Å²) in [5.41, 5.74) is 4.26. The molecule has 0 saturated carbocycles. The number of anilines is 1. The van der Waals surface area contributed by atoms with Gasteiger partial charge < -0.3 is 15.4 Å². The molecule has 2 heterocycles. The van der Waals surface area contributed by atoms with Crippen LogP contribution in [-0.2, 0) is 13.2 Å². The number of benzene rings is 2. The Morgan fingerprint density at radius 2 is 2.00 bits per heavy atom. The van der Waals surface area contributed by atoms with E-state index < -0.39 is 0 Å². The highest BCUT2D eigenvalue weighted by molar-refractivity contribution is 5.97. The van der Waals surface area contributed by atoms with E-state index in [0.29, 0.717) is 31.8 Å². The minimum Gasteiger partial charge on any atom is -0.489 e. The van der Waals surface area contributed by atoms with E-state index in [9.17, 15) is 9.59 Å². The SMILES string of the molecule is Cc1cc(C(=O)NCc2ccc(OCc3cccnc3)cc2)ccc1N1CCNC1=O. The summed E-state index contributed by atoms with van der Waals surface area (Å²) in [4.78, 5) is 30.2. The standard InChI is InChI=1S/C24H24N4O3/c1-17-13-20(6-9-22(17)28-12-11-26-24(28)30)23(29)27-15-18-4-7-21(8-5-18)31-16-19-3-2-10-25-14-19/h2-10,13-14H,11-12,15-16H2,1H3,(H,26,30)(H,27,29). The Kier molecular flexibility index (Phi) is 6.12. The molecule has 1 aromatic heterocycles. The van der Waals surface area contributed by atoms with E-state index in [1.165, 1.54) is 0 Å². The van der Waals surface area contributed by atoms with Gasteiger partial charge in [-0.3, -0.25) is 14.7 Å². The highest BCUT2D eigenvalue weighted by Gasteiger charge is 2.22. The van der Waals surface area contributed by atoms with Crippen LogP contribution in [0.2, 0.25) is 0 Å². The molecule has 3 amide bonds. The van der Waals surface area contributed by atoms with Gasteiger partial charge in [-0.15, -0.1) is 0 Å². The molecule has 0 aliphatic carbocycles. The number of ether oxygens (including phenoxy) is 1. The molecule has 2 N–H and O–H groups in total. The van der Waals surface area contributed by atoms with Gasteiger partial charge in [-0.1, -0.05) is 18.2 Å². The number of aromatic nitrogens is 1. The molecule has 3 aromatic rings. The van der Waals surface area contributed by atoms with Crippen LogP contribution in [0, 0.1) is 6.92 Å². The summed E-state index contributed by atoms with van der Waals surface area (Å²) in [6, 6.07) is 16.8. The molecule has 0 spiro atoms. The second-order valence-corrected chi connectivity index (χ2v) is 7.36. The third-order valence-electron chi connectivity index (χ3n) is 5.11. The molecule has 1 aliphatic heterocycles. The van der Waals surface area contributed by atoms with Crippen LogP contribution < -0.4 is 20.3 Å². The van der Waals surface area contributed by atoms with Crippen LogP contribution in [0.1, 0.15) is 27.0 Å². The molecule has 1 aliphatic rings. The number of urea groups is 1. The van der Waals surface area contributed by atoms with E-state index in [-0.39, 0.29) is 11.9 Å². The Bertz CT molecular complexity index is 1070. The van der Waals surface area contributed by atoms with Gasteiger partial charge in [-0.25, -0.2) is 4.79 Å². The third kappa shape index (κ3) is 5.01. The van der Waals surface area contributed by atoms with E-state index in [4.69, 9.17) is 4.74 Å². The highest BCUT2D eigenvalue weighted by atomic mass is 16.5. The van der Waals surface area contributed by atoms with Gasteiger partial charge in [0, 0.05) is 48.8 Å². The number of amides is 3. The predicted octanol–water partition coefficient (Wildman–Crippen LogP) is 3.43. The quantitative estimate of drug-likeness (QED) is 0.618. The Hall–Kier alpha value is -3.87. The zero-order valence-corrected chi connectivity index (χ0v) is 17.3. The molecule has 0 bridgehead atoms. The van der Waals surface area contributed by atoms with Gasteiger partial charge in [0.15, 0.2) is 0 Å².